The molecule has 0 heterocycles. The Morgan fingerprint density at radius 3 is 2.09 bits per heavy atom. The molecule has 0 aliphatic heterocycles. The summed E-state index contributed by atoms with van der Waals surface area (Å²) < 4.78 is 5.63. The Labute approximate surface area is 209 Å². The van der Waals surface area contributed by atoms with Crippen molar-refractivity contribution in [3.05, 3.63) is 108 Å². The molecule has 3 heteroatoms. The summed E-state index contributed by atoms with van der Waals surface area (Å²) in [5.74, 6) is 0.748. The first-order valence-electron chi connectivity index (χ1n) is 13.0. The van der Waals surface area contributed by atoms with Gasteiger partial charge in [0.15, 0.2) is 5.76 Å². The maximum Gasteiger partial charge on any atom is 0.213 e. The van der Waals surface area contributed by atoms with Crippen molar-refractivity contribution in [1.29, 1.82) is 0 Å². The SMILES string of the molecule is C=C(OCC)C(=O)[C@H](CC1CCCCC1)NC1(c2ccccc2)c2ccccc2-c2ccccc21. The highest BCUT2D eigenvalue weighted by atomic mass is 16.5. The number of rotatable bonds is 9. The zero-order chi connectivity index (χ0) is 24.3. The standard InChI is InChI=1S/C32H35NO2/c1-3-35-23(2)31(34)30(22-24-14-6-4-7-15-24)33-32(25-16-8-5-9-17-25)28-20-12-10-18-26(28)27-19-11-13-21-29(27)32/h5,8-13,16-21,24,30,33H,2-4,6-7,14-15,22H2,1H3/t30-/m0/s1. The van der Waals surface area contributed by atoms with E-state index in [0.29, 0.717) is 12.5 Å². The van der Waals surface area contributed by atoms with Crippen LogP contribution in [-0.4, -0.2) is 18.4 Å². The first-order chi connectivity index (χ1) is 17.1. The van der Waals surface area contributed by atoms with E-state index in [1.807, 2.05) is 13.0 Å². The van der Waals surface area contributed by atoms with Crippen molar-refractivity contribution in [2.75, 3.05) is 6.61 Å². The van der Waals surface area contributed by atoms with Crippen LogP contribution in [0.5, 0.6) is 0 Å². The van der Waals surface area contributed by atoms with Crippen LogP contribution in [0.25, 0.3) is 11.1 Å². The van der Waals surface area contributed by atoms with Gasteiger partial charge in [0.2, 0.25) is 5.78 Å². The van der Waals surface area contributed by atoms with Crippen molar-refractivity contribution in [2.24, 2.45) is 5.92 Å². The van der Waals surface area contributed by atoms with Gasteiger partial charge in [-0.25, -0.2) is 0 Å². The van der Waals surface area contributed by atoms with Gasteiger partial charge in [-0.2, -0.15) is 0 Å². The largest absolute Gasteiger partial charge is 0.491 e. The number of Topliss-reactive ketones (excluding diaryl/α,β-unsaturated/α-hetero) is 1. The van der Waals surface area contributed by atoms with Gasteiger partial charge in [0.25, 0.3) is 0 Å². The number of hydrogen-bond donors (Lipinski definition) is 1. The summed E-state index contributed by atoms with van der Waals surface area (Å²) in [5, 5.41) is 3.95. The first-order valence-corrected chi connectivity index (χ1v) is 13.0. The molecule has 3 aromatic rings. The molecule has 1 saturated carbocycles. The lowest BCUT2D eigenvalue weighted by Crippen LogP contribution is -2.52. The highest BCUT2D eigenvalue weighted by Crippen LogP contribution is 2.51. The molecule has 3 nitrogen and oxygen atoms in total. The van der Waals surface area contributed by atoms with Gasteiger partial charge in [0.05, 0.1) is 18.2 Å². The first kappa shape index (κ1) is 23.6. The fourth-order valence-electron chi connectivity index (χ4n) is 6.16. The van der Waals surface area contributed by atoms with Crippen LogP contribution in [0.15, 0.2) is 91.2 Å². The van der Waals surface area contributed by atoms with Gasteiger partial charge in [-0.05, 0) is 47.1 Å². The van der Waals surface area contributed by atoms with Crippen molar-refractivity contribution in [2.45, 2.75) is 57.0 Å². The zero-order valence-electron chi connectivity index (χ0n) is 20.6. The molecule has 0 unspecified atom stereocenters. The molecule has 1 atom stereocenters. The molecule has 0 radical (unpaired) electrons. The monoisotopic (exact) mass is 465 g/mol. The van der Waals surface area contributed by atoms with Gasteiger partial charge < -0.3 is 4.74 Å². The molecule has 1 fully saturated rings. The van der Waals surface area contributed by atoms with E-state index in [1.54, 1.807) is 0 Å². The summed E-state index contributed by atoms with van der Waals surface area (Å²) >= 11 is 0. The van der Waals surface area contributed by atoms with Gasteiger partial charge >= 0.3 is 0 Å². The molecule has 0 aromatic heterocycles. The van der Waals surface area contributed by atoms with Crippen LogP contribution in [0, 0.1) is 5.92 Å². The highest BCUT2D eigenvalue weighted by molar-refractivity contribution is 5.97. The average molecular weight is 466 g/mol. The minimum absolute atomic E-state index is 0.0328. The molecule has 0 spiro atoms. The Balaban J connectivity index is 1.65. The predicted molar refractivity (Wildman–Crippen MR) is 142 cm³/mol. The van der Waals surface area contributed by atoms with E-state index in [0.717, 1.165) is 12.0 Å². The summed E-state index contributed by atoms with van der Waals surface area (Å²) in [6, 6.07) is 27.3. The lowest BCUT2D eigenvalue weighted by molar-refractivity contribution is -0.121. The van der Waals surface area contributed by atoms with Crippen LogP contribution in [0.2, 0.25) is 0 Å². The summed E-state index contributed by atoms with van der Waals surface area (Å²) in [6.07, 6.45) is 6.93. The molecular formula is C32H35NO2. The third-order valence-electron chi connectivity index (χ3n) is 7.75. The molecule has 0 saturated heterocycles. The molecule has 180 valence electrons. The predicted octanol–water partition coefficient (Wildman–Crippen LogP) is 7.01. The van der Waals surface area contributed by atoms with Crippen LogP contribution in [-0.2, 0) is 15.1 Å². The molecule has 2 aliphatic carbocycles. The molecular weight excluding hydrogens is 430 g/mol. The third kappa shape index (κ3) is 4.34. The fourth-order valence-corrected chi connectivity index (χ4v) is 6.16. The quantitative estimate of drug-likeness (QED) is 0.273. The van der Waals surface area contributed by atoms with E-state index in [-0.39, 0.29) is 11.5 Å². The topological polar surface area (TPSA) is 38.3 Å². The van der Waals surface area contributed by atoms with Crippen LogP contribution in [0.1, 0.15) is 62.1 Å². The summed E-state index contributed by atoms with van der Waals surface area (Å²) in [5.41, 5.74) is 5.32. The van der Waals surface area contributed by atoms with Crippen molar-refractivity contribution in [1.82, 2.24) is 5.32 Å². The number of ketones is 1. The molecule has 3 aromatic carbocycles. The third-order valence-corrected chi connectivity index (χ3v) is 7.75. The van der Waals surface area contributed by atoms with Gasteiger partial charge in [-0.1, -0.05) is 118 Å². The molecule has 0 bridgehead atoms. The van der Waals surface area contributed by atoms with Crippen molar-refractivity contribution < 1.29 is 9.53 Å². The summed E-state index contributed by atoms with van der Waals surface area (Å²) in [4.78, 5) is 13.8. The Bertz CT molecular complexity index is 1150. The van der Waals surface area contributed by atoms with Gasteiger partial charge in [0.1, 0.15) is 0 Å². The van der Waals surface area contributed by atoms with Crippen molar-refractivity contribution in [3.8, 4) is 11.1 Å². The number of carbonyl (C=O) groups is 1. The smallest absolute Gasteiger partial charge is 0.213 e. The van der Waals surface area contributed by atoms with Gasteiger partial charge in [-0.15, -0.1) is 0 Å². The molecule has 5 rings (SSSR count). The van der Waals surface area contributed by atoms with Gasteiger partial charge in [-0.3, -0.25) is 10.1 Å². The highest BCUT2D eigenvalue weighted by Gasteiger charge is 2.47. The van der Waals surface area contributed by atoms with Crippen LogP contribution in [0.3, 0.4) is 0 Å². The number of benzene rings is 3. The van der Waals surface area contributed by atoms with Crippen LogP contribution in [0.4, 0.5) is 0 Å². The maximum atomic E-state index is 13.8. The lowest BCUT2D eigenvalue weighted by atomic mass is 9.78. The van der Waals surface area contributed by atoms with Crippen molar-refractivity contribution >= 4 is 5.78 Å². The van der Waals surface area contributed by atoms with E-state index < -0.39 is 11.6 Å². The Morgan fingerprint density at radius 1 is 0.914 bits per heavy atom. The average Bonchev–Trinajstić information content (AvgIpc) is 3.20. The summed E-state index contributed by atoms with van der Waals surface area (Å²) in [6.45, 7) is 6.35. The minimum atomic E-state index is -0.629. The molecule has 1 N–H and O–H groups in total. The Hall–Kier alpha value is -3.17. The normalized spacial score (nSPS) is 17.3. The number of nitrogens with one attached hydrogen (secondary N) is 1. The van der Waals surface area contributed by atoms with E-state index in [1.165, 1.54) is 54.4 Å². The van der Waals surface area contributed by atoms with Crippen LogP contribution >= 0.6 is 0 Å². The fraction of sp³-hybridized carbons (Fsp3) is 0.344. The second-order valence-corrected chi connectivity index (χ2v) is 9.86. The van der Waals surface area contributed by atoms with E-state index in [2.05, 4.69) is 84.7 Å². The maximum absolute atomic E-state index is 13.8. The second kappa shape index (κ2) is 10.2. The number of fused-ring (bicyclic) bond motifs is 3. The van der Waals surface area contributed by atoms with Gasteiger partial charge in [0, 0.05) is 0 Å². The molecule has 35 heavy (non-hydrogen) atoms. The number of ether oxygens (including phenoxy) is 1. The molecule has 0 amide bonds. The number of carbonyl (C=O) groups excluding carboxylic acids is 1. The lowest BCUT2D eigenvalue weighted by Gasteiger charge is -2.39. The molecule has 2 aliphatic rings. The van der Waals surface area contributed by atoms with Crippen molar-refractivity contribution in [3.63, 3.8) is 0 Å². The van der Waals surface area contributed by atoms with Crippen LogP contribution < -0.4 is 5.32 Å². The Morgan fingerprint density at radius 2 is 1.49 bits per heavy atom. The van der Waals surface area contributed by atoms with E-state index in [4.69, 9.17) is 4.74 Å². The number of hydrogen-bond acceptors (Lipinski definition) is 3. The van der Waals surface area contributed by atoms with E-state index in [9.17, 15) is 4.79 Å². The minimum Gasteiger partial charge on any atom is -0.491 e. The Kier molecular flexibility index (Phi) is 6.88. The summed E-state index contributed by atoms with van der Waals surface area (Å²) in [7, 11) is 0. The second-order valence-electron chi connectivity index (χ2n) is 9.86. The van der Waals surface area contributed by atoms with E-state index >= 15 is 0 Å². The zero-order valence-corrected chi connectivity index (χ0v) is 20.6.